The van der Waals surface area contributed by atoms with Crippen molar-refractivity contribution in [3.63, 3.8) is 0 Å². The van der Waals surface area contributed by atoms with Gasteiger partial charge in [0.1, 0.15) is 0 Å². The topological polar surface area (TPSA) is 0 Å². The van der Waals surface area contributed by atoms with E-state index in [-0.39, 0.29) is 26.2 Å². The van der Waals surface area contributed by atoms with Gasteiger partial charge in [0.25, 0.3) is 0 Å². The Hall–Kier alpha value is -1.38. The summed E-state index contributed by atoms with van der Waals surface area (Å²) in [5, 5.41) is 5.59. The van der Waals surface area contributed by atoms with Gasteiger partial charge in [-0.2, -0.15) is 0 Å². The molecule has 0 atom stereocenters. The third-order valence-corrected chi connectivity index (χ3v) is 6.16. The number of hydrogen-bond donors (Lipinski definition) is 0. The fraction of sp³-hybridized carbons (Fsp3) is 0. The Morgan fingerprint density at radius 2 is 0.481 bits per heavy atom. The molecule has 0 fully saturated rings. The molecule has 0 unspecified atom stereocenters. The molecule has 0 heterocycles. The first-order valence-electron chi connectivity index (χ1n) is 8.64. The standard InChI is InChI=1S/2C12H11P.Zr/c2*1-3-7-11(8-4-1)13-12-9-5-2-6-10-12;/h2*1-10,13H;. The van der Waals surface area contributed by atoms with E-state index < -0.39 is 0 Å². The molecular formula is C24H22P2Zr. The van der Waals surface area contributed by atoms with Gasteiger partial charge in [0.15, 0.2) is 0 Å². The maximum atomic E-state index is 2.17. The van der Waals surface area contributed by atoms with Crippen LogP contribution in [0.4, 0.5) is 0 Å². The van der Waals surface area contributed by atoms with Crippen LogP contribution < -0.4 is 21.2 Å². The molecule has 3 heteroatoms. The monoisotopic (exact) mass is 462 g/mol. The summed E-state index contributed by atoms with van der Waals surface area (Å²) in [6, 6.07) is 42.3. The number of hydrogen-bond acceptors (Lipinski definition) is 0. The minimum Gasteiger partial charge on any atom is -0.0622 e. The van der Waals surface area contributed by atoms with E-state index in [2.05, 4.69) is 121 Å². The number of benzene rings is 4. The molecule has 0 aromatic heterocycles. The first-order chi connectivity index (χ1) is 12.9. The molecule has 0 N–H and O–H groups in total. The summed E-state index contributed by atoms with van der Waals surface area (Å²) in [7, 11) is 1.55. The largest absolute Gasteiger partial charge is 0.0622 e. The molecule has 0 spiro atoms. The van der Waals surface area contributed by atoms with Crippen molar-refractivity contribution < 1.29 is 26.2 Å². The Morgan fingerprint density at radius 1 is 0.296 bits per heavy atom. The second kappa shape index (κ2) is 12.9. The van der Waals surface area contributed by atoms with Gasteiger partial charge in [-0.05, 0) is 21.2 Å². The Labute approximate surface area is 185 Å². The van der Waals surface area contributed by atoms with Crippen molar-refractivity contribution in [2.75, 3.05) is 0 Å². The molecule has 0 amide bonds. The molecule has 4 aromatic carbocycles. The van der Waals surface area contributed by atoms with E-state index in [4.69, 9.17) is 0 Å². The third kappa shape index (κ3) is 8.45. The van der Waals surface area contributed by atoms with E-state index in [1.807, 2.05) is 0 Å². The minimum atomic E-state index is 0. The molecule has 0 saturated carbocycles. The molecule has 27 heavy (non-hydrogen) atoms. The van der Waals surface area contributed by atoms with Crippen molar-refractivity contribution in [2.24, 2.45) is 0 Å². The smallest absolute Gasteiger partial charge is 0 e. The quantitative estimate of drug-likeness (QED) is 0.387. The molecule has 0 radical (unpaired) electrons. The van der Waals surface area contributed by atoms with Crippen LogP contribution >= 0.6 is 17.2 Å². The number of rotatable bonds is 4. The zero-order valence-electron chi connectivity index (χ0n) is 15.0. The van der Waals surface area contributed by atoms with Crippen LogP contribution in [0, 0.1) is 0 Å². The summed E-state index contributed by atoms with van der Waals surface area (Å²) in [4.78, 5) is 0. The first-order valence-corrected chi connectivity index (χ1v) is 10.6. The average Bonchev–Trinajstić information content (AvgIpc) is 2.72. The van der Waals surface area contributed by atoms with Gasteiger partial charge in [-0.3, -0.25) is 0 Å². The van der Waals surface area contributed by atoms with Crippen LogP contribution in [-0.4, -0.2) is 0 Å². The van der Waals surface area contributed by atoms with E-state index in [1.165, 1.54) is 21.2 Å². The van der Waals surface area contributed by atoms with Crippen LogP contribution in [-0.2, 0) is 26.2 Å². The van der Waals surface area contributed by atoms with Crippen molar-refractivity contribution in [3.05, 3.63) is 121 Å². The molecule has 4 rings (SSSR count). The van der Waals surface area contributed by atoms with Gasteiger partial charge in [0.2, 0.25) is 0 Å². The summed E-state index contributed by atoms with van der Waals surface area (Å²) in [6.45, 7) is 0. The molecule has 0 aliphatic rings. The van der Waals surface area contributed by atoms with Gasteiger partial charge >= 0.3 is 0 Å². The predicted octanol–water partition coefficient (Wildman–Crippen LogP) is 4.63. The van der Waals surface area contributed by atoms with Crippen LogP contribution in [0.2, 0.25) is 0 Å². The molecule has 0 aliphatic heterocycles. The van der Waals surface area contributed by atoms with E-state index in [0.29, 0.717) is 0 Å². The third-order valence-electron chi connectivity index (χ3n) is 3.67. The van der Waals surface area contributed by atoms with Gasteiger partial charge in [-0.1, -0.05) is 138 Å². The van der Waals surface area contributed by atoms with Crippen LogP contribution in [0.3, 0.4) is 0 Å². The molecule has 4 aromatic rings. The average molecular weight is 464 g/mol. The summed E-state index contributed by atoms with van der Waals surface area (Å²) < 4.78 is 0. The van der Waals surface area contributed by atoms with Crippen LogP contribution in [0.15, 0.2) is 121 Å². The molecule has 0 nitrogen and oxygen atoms in total. The van der Waals surface area contributed by atoms with Gasteiger partial charge in [-0.25, -0.2) is 0 Å². The maximum Gasteiger partial charge on any atom is 0 e. The summed E-state index contributed by atoms with van der Waals surface area (Å²) in [6.07, 6.45) is 0. The van der Waals surface area contributed by atoms with Gasteiger partial charge in [0.05, 0.1) is 0 Å². The summed E-state index contributed by atoms with van der Waals surface area (Å²) in [5.41, 5.74) is 0. The fourth-order valence-corrected chi connectivity index (χ4v) is 4.52. The van der Waals surface area contributed by atoms with E-state index in [1.54, 1.807) is 0 Å². The van der Waals surface area contributed by atoms with Gasteiger partial charge in [-0.15, -0.1) is 0 Å². The maximum absolute atomic E-state index is 2.17. The molecule has 0 saturated heterocycles. The van der Waals surface area contributed by atoms with E-state index in [9.17, 15) is 0 Å². The molecule has 132 valence electrons. The van der Waals surface area contributed by atoms with Crippen molar-refractivity contribution in [1.29, 1.82) is 0 Å². The second-order valence-electron chi connectivity index (χ2n) is 5.71. The normalized spacial score (nSPS) is 9.48. The van der Waals surface area contributed by atoms with Crippen molar-refractivity contribution in [1.82, 2.24) is 0 Å². The van der Waals surface area contributed by atoms with Crippen LogP contribution in [0.5, 0.6) is 0 Å². The Bertz CT molecular complexity index is 715. The first kappa shape index (κ1) is 21.9. The fourth-order valence-electron chi connectivity index (χ4n) is 2.42. The van der Waals surface area contributed by atoms with E-state index in [0.717, 1.165) is 17.2 Å². The van der Waals surface area contributed by atoms with Crippen molar-refractivity contribution in [2.45, 2.75) is 0 Å². The SMILES string of the molecule is [Zr].c1ccc(Pc2ccccc2)cc1.c1ccc(Pc2ccccc2)cc1. The Morgan fingerprint density at radius 3 is 0.667 bits per heavy atom. The molecular weight excluding hydrogens is 441 g/mol. The molecule has 0 aliphatic carbocycles. The zero-order valence-corrected chi connectivity index (χ0v) is 19.5. The summed E-state index contributed by atoms with van der Waals surface area (Å²) in [5.74, 6) is 0. The predicted molar refractivity (Wildman–Crippen MR) is 121 cm³/mol. The Balaban J connectivity index is 0.000000187. The van der Waals surface area contributed by atoms with E-state index >= 15 is 0 Å². The Kier molecular flexibility index (Phi) is 10.5. The summed E-state index contributed by atoms with van der Waals surface area (Å²) >= 11 is 0. The second-order valence-corrected chi connectivity index (χ2v) is 8.52. The zero-order chi connectivity index (χ0) is 17.9. The van der Waals surface area contributed by atoms with Crippen LogP contribution in [0.1, 0.15) is 0 Å². The van der Waals surface area contributed by atoms with Gasteiger partial charge in [0, 0.05) is 26.2 Å². The van der Waals surface area contributed by atoms with Crippen molar-refractivity contribution >= 4 is 38.4 Å². The van der Waals surface area contributed by atoms with Crippen molar-refractivity contribution in [3.8, 4) is 0 Å². The van der Waals surface area contributed by atoms with Crippen LogP contribution in [0.25, 0.3) is 0 Å². The van der Waals surface area contributed by atoms with Gasteiger partial charge < -0.3 is 0 Å². The minimum absolute atomic E-state index is 0. The molecule has 0 bridgehead atoms.